The summed E-state index contributed by atoms with van der Waals surface area (Å²) in [5.74, 6) is 1.06. The van der Waals surface area contributed by atoms with E-state index >= 15 is 0 Å². The second kappa shape index (κ2) is 4.04. The molecule has 0 amide bonds. The monoisotopic (exact) mass is 207 g/mol. The van der Waals surface area contributed by atoms with Crippen LogP contribution in [0.1, 0.15) is 30.4 Å². The normalized spacial score (nSPS) is 14.4. The standard InChI is InChI=1S/C9H12F3NO/c1-6-2-3-8(14-6)7(13)4-5-9(10,11)12/h2-3,7H,4-5,13H2,1H3/t7-/m0/s1. The first-order valence-corrected chi connectivity index (χ1v) is 4.27. The molecule has 0 saturated heterocycles. The third-order valence-electron chi connectivity index (χ3n) is 1.87. The van der Waals surface area contributed by atoms with Gasteiger partial charge >= 0.3 is 6.18 Å². The molecule has 1 atom stereocenters. The van der Waals surface area contributed by atoms with Crippen molar-refractivity contribution in [1.29, 1.82) is 0 Å². The van der Waals surface area contributed by atoms with Crippen molar-refractivity contribution < 1.29 is 17.6 Å². The van der Waals surface area contributed by atoms with Crippen molar-refractivity contribution >= 4 is 0 Å². The predicted molar refractivity (Wildman–Crippen MR) is 45.7 cm³/mol. The van der Waals surface area contributed by atoms with Crippen molar-refractivity contribution in [3.63, 3.8) is 0 Å². The van der Waals surface area contributed by atoms with Gasteiger partial charge in [0, 0.05) is 6.42 Å². The van der Waals surface area contributed by atoms with Gasteiger partial charge < -0.3 is 10.2 Å². The van der Waals surface area contributed by atoms with E-state index < -0.39 is 18.6 Å². The van der Waals surface area contributed by atoms with Crippen LogP contribution in [0.25, 0.3) is 0 Å². The molecule has 0 aliphatic rings. The van der Waals surface area contributed by atoms with Gasteiger partial charge in [-0.25, -0.2) is 0 Å². The summed E-state index contributed by atoms with van der Waals surface area (Å²) in [5.41, 5.74) is 5.52. The van der Waals surface area contributed by atoms with Crippen LogP contribution in [0.5, 0.6) is 0 Å². The number of alkyl halides is 3. The summed E-state index contributed by atoms with van der Waals surface area (Å²) < 4.78 is 40.7. The van der Waals surface area contributed by atoms with Gasteiger partial charge in [0.2, 0.25) is 0 Å². The van der Waals surface area contributed by atoms with Gasteiger partial charge in [0.1, 0.15) is 11.5 Å². The molecule has 0 aliphatic carbocycles. The Balaban J connectivity index is 2.47. The smallest absolute Gasteiger partial charge is 0.389 e. The van der Waals surface area contributed by atoms with Crippen LogP contribution in [-0.4, -0.2) is 6.18 Å². The van der Waals surface area contributed by atoms with Gasteiger partial charge in [0.15, 0.2) is 0 Å². The Morgan fingerprint density at radius 1 is 1.43 bits per heavy atom. The van der Waals surface area contributed by atoms with E-state index in [1.807, 2.05) is 0 Å². The topological polar surface area (TPSA) is 39.2 Å². The van der Waals surface area contributed by atoms with Crippen molar-refractivity contribution in [2.45, 2.75) is 32.0 Å². The number of rotatable bonds is 3. The van der Waals surface area contributed by atoms with E-state index in [0.29, 0.717) is 11.5 Å². The van der Waals surface area contributed by atoms with Gasteiger partial charge in [-0.3, -0.25) is 0 Å². The number of halogens is 3. The molecule has 80 valence electrons. The fourth-order valence-corrected chi connectivity index (χ4v) is 1.11. The minimum absolute atomic E-state index is 0.142. The van der Waals surface area contributed by atoms with Gasteiger partial charge in [-0.05, 0) is 25.5 Å². The molecular weight excluding hydrogens is 195 g/mol. The fourth-order valence-electron chi connectivity index (χ4n) is 1.11. The minimum atomic E-state index is -4.15. The van der Waals surface area contributed by atoms with E-state index in [-0.39, 0.29) is 6.42 Å². The third-order valence-corrected chi connectivity index (χ3v) is 1.87. The van der Waals surface area contributed by atoms with E-state index in [0.717, 1.165) is 0 Å². The molecule has 1 aromatic rings. The maximum atomic E-state index is 11.9. The lowest BCUT2D eigenvalue weighted by Crippen LogP contribution is -2.15. The summed E-state index contributed by atoms with van der Waals surface area (Å²) in [6.45, 7) is 1.72. The number of hydrogen-bond acceptors (Lipinski definition) is 2. The third kappa shape index (κ3) is 3.41. The van der Waals surface area contributed by atoms with Crippen molar-refractivity contribution in [3.8, 4) is 0 Å². The molecule has 0 unspecified atom stereocenters. The van der Waals surface area contributed by atoms with E-state index in [2.05, 4.69) is 0 Å². The van der Waals surface area contributed by atoms with Gasteiger partial charge in [-0.2, -0.15) is 13.2 Å². The second-order valence-electron chi connectivity index (χ2n) is 3.21. The van der Waals surface area contributed by atoms with Crippen LogP contribution in [0.4, 0.5) is 13.2 Å². The minimum Gasteiger partial charge on any atom is -0.465 e. The summed E-state index contributed by atoms with van der Waals surface area (Å²) in [6, 6.07) is 2.62. The van der Waals surface area contributed by atoms with E-state index in [9.17, 15) is 13.2 Å². The highest BCUT2D eigenvalue weighted by Crippen LogP contribution is 2.26. The number of nitrogens with two attached hydrogens (primary N) is 1. The second-order valence-corrected chi connectivity index (χ2v) is 3.21. The lowest BCUT2D eigenvalue weighted by Gasteiger charge is -2.10. The van der Waals surface area contributed by atoms with Crippen molar-refractivity contribution in [1.82, 2.24) is 0 Å². The molecule has 0 bridgehead atoms. The highest BCUT2D eigenvalue weighted by Gasteiger charge is 2.28. The summed E-state index contributed by atoms with van der Waals surface area (Å²) in [5, 5.41) is 0. The molecule has 1 heterocycles. The molecule has 0 spiro atoms. The van der Waals surface area contributed by atoms with Gasteiger partial charge in [-0.15, -0.1) is 0 Å². The Labute approximate surface area is 79.9 Å². The highest BCUT2D eigenvalue weighted by atomic mass is 19.4. The first-order valence-electron chi connectivity index (χ1n) is 4.27. The van der Waals surface area contributed by atoms with Crippen LogP contribution in [0.2, 0.25) is 0 Å². The summed E-state index contributed by atoms with van der Waals surface area (Å²) in [6.07, 6.45) is -5.18. The first kappa shape index (κ1) is 11.1. The Bertz CT molecular complexity index is 292. The molecule has 2 nitrogen and oxygen atoms in total. The zero-order chi connectivity index (χ0) is 10.8. The first-order chi connectivity index (χ1) is 6.38. The fraction of sp³-hybridized carbons (Fsp3) is 0.556. The average molecular weight is 207 g/mol. The molecule has 0 saturated carbocycles. The quantitative estimate of drug-likeness (QED) is 0.827. The summed E-state index contributed by atoms with van der Waals surface area (Å²) >= 11 is 0. The van der Waals surface area contributed by atoms with Crippen molar-refractivity contribution in [3.05, 3.63) is 23.7 Å². The van der Waals surface area contributed by atoms with Gasteiger partial charge in [0.25, 0.3) is 0 Å². The predicted octanol–water partition coefficient (Wildman–Crippen LogP) is 2.93. The van der Waals surface area contributed by atoms with Crippen LogP contribution in [0.3, 0.4) is 0 Å². The van der Waals surface area contributed by atoms with Crippen LogP contribution in [0, 0.1) is 6.92 Å². The van der Waals surface area contributed by atoms with Crippen LogP contribution >= 0.6 is 0 Å². The van der Waals surface area contributed by atoms with Crippen LogP contribution in [-0.2, 0) is 0 Å². The molecule has 1 rings (SSSR count). The van der Waals surface area contributed by atoms with Crippen LogP contribution in [0.15, 0.2) is 16.5 Å². The molecule has 2 N–H and O–H groups in total. The molecule has 14 heavy (non-hydrogen) atoms. The Kier molecular flexibility index (Phi) is 3.21. The zero-order valence-corrected chi connectivity index (χ0v) is 7.77. The van der Waals surface area contributed by atoms with Crippen LogP contribution < -0.4 is 5.73 Å². The lowest BCUT2D eigenvalue weighted by molar-refractivity contribution is -0.136. The molecular formula is C9H12F3NO. The average Bonchev–Trinajstić information content (AvgIpc) is 2.46. The molecule has 0 radical (unpaired) electrons. The zero-order valence-electron chi connectivity index (χ0n) is 7.77. The number of hydrogen-bond donors (Lipinski definition) is 1. The van der Waals surface area contributed by atoms with E-state index in [1.54, 1.807) is 19.1 Å². The molecule has 1 aromatic heterocycles. The molecule has 0 aliphatic heterocycles. The van der Waals surface area contributed by atoms with Crippen molar-refractivity contribution in [2.75, 3.05) is 0 Å². The van der Waals surface area contributed by atoms with Crippen molar-refractivity contribution in [2.24, 2.45) is 5.73 Å². The lowest BCUT2D eigenvalue weighted by atomic mass is 10.1. The Morgan fingerprint density at radius 3 is 2.50 bits per heavy atom. The Morgan fingerprint density at radius 2 is 2.07 bits per heavy atom. The number of furan rings is 1. The largest absolute Gasteiger partial charge is 0.465 e. The SMILES string of the molecule is Cc1ccc([C@@H](N)CCC(F)(F)F)o1. The molecule has 0 aromatic carbocycles. The molecule has 0 fully saturated rings. The summed E-state index contributed by atoms with van der Waals surface area (Å²) in [7, 11) is 0. The highest BCUT2D eigenvalue weighted by molar-refractivity contribution is 5.08. The van der Waals surface area contributed by atoms with Gasteiger partial charge in [-0.1, -0.05) is 0 Å². The van der Waals surface area contributed by atoms with E-state index in [4.69, 9.17) is 10.2 Å². The van der Waals surface area contributed by atoms with Gasteiger partial charge in [0.05, 0.1) is 6.04 Å². The van der Waals surface area contributed by atoms with E-state index in [1.165, 1.54) is 0 Å². The molecule has 5 heteroatoms. The number of aryl methyl sites for hydroxylation is 1. The Hall–Kier alpha value is -0.970. The maximum Gasteiger partial charge on any atom is 0.389 e. The maximum absolute atomic E-state index is 11.9. The summed E-state index contributed by atoms with van der Waals surface area (Å²) in [4.78, 5) is 0.